The summed E-state index contributed by atoms with van der Waals surface area (Å²) < 4.78 is 0. The number of aliphatic hydroxyl groups excluding tert-OH is 1. The highest BCUT2D eigenvalue weighted by Gasteiger charge is 2.23. The molecule has 0 saturated carbocycles. The number of hydrogen-bond donors (Lipinski definition) is 3. The largest absolute Gasteiger partial charge is 0.394 e. The number of hydrogen-bond acceptors (Lipinski definition) is 5. The Balaban J connectivity index is 2.52. The van der Waals surface area contributed by atoms with E-state index in [1.165, 1.54) is 17.5 Å². The first-order valence-corrected chi connectivity index (χ1v) is 5.46. The van der Waals surface area contributed by atoms with Crippen molar-refractivity contribution in [1.29, 1.82) is 0 Å². The normalized spacial score (nSPS) is 10.9. The number of amides is 2. The van der Waals surface area contributed by atoms with Crippen molar-refractivity contribution in [1.82, 2.24) is 10.3 Å². The second kappa shape index (κ2) is 5.04. The molecule has 1 aromatic rings. The van der Waals surface area contributed by atoms with Crippen molar-refractivity contribution < 1.29 is 14.7 Å². The Morgan fingerprint density at radius 3 is 2.69 bits per heavy atom. The van der Waals surface area contributed by atoms with Crippen molar-refractivity contribution in [2.24, 2.45) is 0 Å². The predicted octanol–water partition coefficient (Wildman–Crippen LogP) is -0.0313. The van der Waals surface area contributed by atoms with Crippen LogP contribution in [0.5, 0.6) is 0 Å². The van der Waals surface area contributed by atoms with E-state index >= 15 is 0 Å². The van der Waals surface area contributed by atoms with Gasteiger partial charge >= 0.3 is 11.8 Å². The molecule has 0 spiro atoms. The number of aromatic nitrogens is 1. The van der Waals surface area contributed by atoms with Crippen molar-refractivity contribution >= 4 is 28.3 Å². The van der Waals surface area contributed by atoms with E-state index in [-0.39, 0.29) is 6.61 Å². The molecule has 1 aromatic heterocycles. The molecule has 2 amide bonds. The Hall–Kier alpha value is -1.47. The highest BCUT2D eigenvalue weighted by molar-refractivity contribution is 7.13. The molecule has 3 N–H and O–H groups in total. The summed E-state index contributed by atoms with van der Waals surface area (Å²) in [6, 6.07) is 0. The zero-order valence-corrected chi connectivity index (χ0v) is 9.80. The second-order valence-corrected chi connectivity index (χ2v) is 4.68. The van der Waals surface area contributed by atoms with E-state index in [1.54, 1.807) is 19.2 Å². The standard InChI is InChI=1S/C9H13N3O3S/c1-9(2,5-13)12-7(15)6(14)11-8-10-3-4-16-8/h3-4,13H,5H2,1-2H3,(H,12,15)(H,10,11,14). The minimum atomic E-state index is -0.822. The fourth-order valence-corrected chi connectivity index (χ4v) is 1.37. The number of anilines is 1. The van der Waals surface area contributed by atoms with Gasteiger partial charge in [0.1, 0.15) is 0 Å². The molecule has 0 aliphatic carbocycles. The third-order valence-corrected chi connectivity index (χ3v) is 2.39. The van der Waals surface area contributed by atoms with E-state index in [1.807, 2.05) is 0 Å². The number of thiazole rings is 1. The van der Waals surface area contributed by atoms with Crippen LogP contribution in [0.4, 0.5) is 5.13 Å². The molecule has 0 atom stereocenters. The Morgan fingerprint density at radius 2 is 2.19 bits per heavy atom. The minimum absolute atomic E-state index is 0.247. The molecule has 16 heavy (non-hydrogen) atoms. The van der Waals surface area contributed by atoms with E-state index < -0.39 is 17.4 Å². The van der Waals surface area contributed by atoms with E-state index in [9.17, 15) is 9.59 Å². The molecule has 0 saturated heterocycles. The molecule has 7 heteroatoms. The quantitative estimate of drug-likeness (QED) is 0.650. The average molecular weight is 243 g/mol. The van der Waals surface area contributed by atoms with Gasteiger partial charge in [0, 0.05) is 11.6 Å². The number of carbonyl (C=O) groups excluding carboxylic acids is 2. The highest BCUT2D eigenvalue weighted by atomic mass is 32.1. The van der Waals surface area contributed by atoms with Gasteiger partial charge in [0.15, 0.2) is 5.13 Å². The number of carbonyl (C=O) groups is 2. The molecule has 0 aliphatic heterocycles. The SMILES string of the molecule is CC(C)(CO)NC(=O)C(=O)Nc1nccs1. The van der Waals surface area contributed by atoms with Crippen LogP contribution in [0.2, 0.25) is 0 Å². The zero-order chi connectivity index (χ0) is 12.2. The molecule has 88 valence electrons. The van der Waals surface area contributed by atoms with Crippen LogP contribution >= 0.6 is 11.3 Å². The fourth-order valence-electron chi connectivity index (χ4n) is 0.843. The summed E-state index contributed by atoms with van der Waals surface area (Å²) in [7, 11) is 0. The maximum Gasteiger partial charge on any atom is 0.315 e. The van der Waals surface area contributed by atoms with Gasteiger partial charge in [-0.1, -0.05) is 0 Å². The molecular weight excluding hydrogens is 230 g/mol. The molecule has 0 fully saturated rings. The van der Waals surface area contributed by atoms with Crippen molar-refractivity contribution in [3.05, 3.63) is 11.6 Å². The van der Waals surface area contributed by atoms with Gasteiger partial charge in [0.05, 0.1) is 12.1 Å². The summed E-state index contributed by atoms with van der Waals surface area (Å²) in [5.74, 6) is -1.59. The molecule has 6 nitrogen and oxygen atoms in total. The van der Waals surface area contributed by atoms with Crippen LogP contribution in [0, 0.1) is 0 Å². The lowest BCUT2D eigenvalue weighted by atomic mass is 10.1. The van der Waals surface area contributed by atoms with E-state index in [4.69, 9.17) is 5.11 Å². The third kappa shape index (κ3) is 3.59. The lowest BCUT2D eigenvalue weighted by Crippen LogP contribution is -2.50. The van der Waals surface area contributed by atoms with Gasteiger partial charge in [0.25, 0.3) is 0 Å². The third-order valence-electron chi connectivity index (χ3n) is 1.71. The molecule has 1 rings (SSSR count). The van der Waals surface area contributed by atoms with Crippen molar-refractivity contribution in [2.75, 3.05) is 11.9 Å². The lowest BCUT2D eigenvalue weighted by Gasteiger charge is -2.22. The second-order valence-electron chi connectivity index (χ2n) is 3.79. The number of nitrogens with one attached hydrogen (secondary N) is 2. The van der Waals surface area contributed by atoms with Gasteiger partial charge in [0.2, 0.25) is 0 Å². The minimum Gasteiger partial charge on any atom is -0.394 e. The van der Waals surface area contributed by atoms with Gasteiger partial charge in [-0.15, -0.1) is 11.3 Å². The summed E-state index contributed by atoms with van der Waals surface area (Å²) in [5, 5.41) is 15.7. The Morgan fingerprint density at radius 1 is 1.50 bits per heavy atom. The van der Waals surface area contributed by atoms with Crippen LogP contribution in [0.1, 0.15) is 13.8 Å². The number of aliphatic hydroxyl groups is 1. The molecule has 0 aromatic carbocycles. The first-order chi connectivity index (χ1) is 7.44. The first kappa shape index (κ1) is 12.6. The molecule has 0 unspecified atom stereocenters. The van der Waals surface area contributed by atoms with Crippen LogP contribution in [0.25, 0.3) is 0 Å². The fraction of sp³-hybridized carbons (Fsp3) is 0.444. The predicted molar refractivity (Wildman–Crippen MR) is 60.1 cm³/mol. The topological polar surface area (TPSA) is 91.3 Å². The van der Waals surface area contributed by atoms with Crippen molar-refractivity contribution in [3.63, 3.8) is 0 Å². The molecule has 0 bridgehead atoms. The Bertz CT molecular complexity index is 375. The van der Waals surface area contributed by atoms with Gasteiger partial charge in [-0.2, -0.15) is 0 Å². The Kier molecular flexibility index (Phi) is 3.97. The Labute approximate surface area is 96.7 Å². The molecule has 0 radical (unpaired) electrons. The van der Waals surface area contributed by atoms with Crippen molar-refractivity contribution in [3.8, 4) is 0 Å². The van der Waals surface area contributed by atoms with Gasteiger partial charge in [-0.3, -0.25) is 14.9 Å². The van der Waals surface area contributed by atoms with Crippen LogP contribution < -0.4 is 10.6 Å². The number of nitrogens with zero attached hydrogens (tertiary/aromatic N) is 1. The summed E-state index contributed by atoms with van der Waals surface area (Å²) in [4.78, 5) is 26.6. The van der Waals surface area contributed by atoms with Gasteiger partial charge in [-0.25, -0.2) is 4.98 Å². The smallest absolute Gasteiger partial charge is 0.315 e. The lowest BCUT2D eigenvalue weighted by molar-refractivity contribution is -0.137. The van der Waals surface area contributed by atoms with Gasteiger partial charge < -0.3 is 10.4 Å². The summed E-state index contributed by atoms with van der Waals surface area (Å²) in [5.41, 5.74) is -0.822. The number of rotatable bonds is 3. The monoisotopic (exact) mass is 243 g/mol. The van der Waals surface area contributed by atoms with Crippen molar-refractivity contribution in [2.45, 2.75) is 19.4 Å². The summed E-state index contributed by atoms with van der Waals surface area (Å²) in [6.45, 7) is 2.98. The first-order valence-electron chi connectivity index (χ1n) is 4.58. The maximum absolute atomic E-state index is 11.4. The van der Waals surface area contributed by atoms with Crippen LogP contribution in [-0.2, 0) is 9.59 Å². The molecule has 1 heterocycles. The summed E-state index contributed by atoms with van der Waals surface area (Å²) >= 11 is 1.22. The summed E-state index contributed by atoms with van der Waals surface area (Å²) in [6.07, 6.45) is 1.52. The zero-order valence-electron chi connectivity index (χ0n) is 8.98. The highest BCUT2D eigenvalue weighted by Crippen LogP contribution is 2.09. The molecular formula is C9H13N3O3S. The van der Waals surface area contributed by atoms with Crippen LogP contribution in [0.15, 0.2) is 11.6 Å². The van der Waals surface area contributed by atoms with Crippen LogP contribution in [-0.4, -0.2) is 34.1 Å². The maximum atomic E-state index is 11.4. The van der Waals surface area contributed by atoms with E-state index in [0.717, 1.165) is 0 Å². The van der Waals surface area contributed by atoms with E-state index in [0.29, 0.717) is 5.13 Å². The van der Waals surface area contributed by atoms with Gasteiger partial charge in [-0.05, 0) is 13.8 Å². The van der Waals surface area contributed by atoms with Crippen LogP contribution in [0.3, 0.4) is 0 Å². The molecule has 0 aliphatic rings. The van der Waals surface area contributed by atoms with E-state index in [2.05, 4.69) is 15.6 Å². The average Bonchev–Trinajstić information content (AvgIpc) is 2.69.